The molecular formula is C12H25N3. The second-order valence-electron chi connectivity index (χ2n) is 4.34. The molecule has 1 aliphatic rings. The second kappa shape index (κ2) is 6.70. The third kappa shape index (κ3) is 3.73. The van der Waals surface area contributed by atoms with E-state index in [2.05, 4.69) is 23.7 Å². The summed E-state index contributed by atoms with van der Waals surface area (Å²) in [5.41, 5.74) is 6.05. The Morgan fingerprint density at radius 1 is 1.33 bits per heavy atom. The van der Waals surface area contributed by atoms with E-state index in [1.807, 2.05) is 0 Å². The van der Waals surface area contributed by atoms with Gasteiger partial charge in [0.1, 0.15) is 0 Å². The van der Waals surface area contributed by atoms with Crippen LogP contribution in [-0.4, -0.2) is 30.0 Å². The lowest BCUT2D eigenvalue weighted by Crippen LogP contribution is -2.44. The van der Waals surface area contributed by atoms with Gasteiger partial charge in [0.15, 0.2) is 5.96 Å². The average molecular weight is 211 g/mol. The fourth-order valence-corrected chi connectivity index (χ4v) is 2.22. The van der Waals surface area contributed by atoms with Gasteiger partial charge < -0.3 is 10.6 Å². The maximum Gasteiger partial charge on any atom is 0.191 e. The summed E-state index contributed by atoms with van der Waals surface area (Å²) >= 11 is 0. The molecule has 1 atom stereocenters. The minimum Gasteiger partial charge on any atom is -0.370 e. The van der Waals surface area contributed by atoms with Crippen LogP contribution in [0, 0.1) is 0 Å². The third-order valence-electron chi connectivity index (χ3n) is 3.14. The predicted molar refractivity (Wildman–Crippen MR) is 66.0 cm³/mol. The van der Waals surface area contributed by atoms with Gasteiger partial charge in [-0.25, -0.2) is 0 Å². The summed E-state index contributed by atoms with van der Waals surface area (Å²) < 4.78 is 0. The number of nitrogens with zero attached hydrogens (tertiary/aromatic N) is 2. The van der Waals surface area contributed by atoms with Crippen molar-refractivity contribution in [3.8, 4) is 0 Å². The monoisotopic (exact) mass is 211 g/mol. The molecule has 0 aromatic heterocycles. The topological polar surface area (TPSA) is 41.6 Å². The van der Waals surface area contributed by atoms with E-state index >= 15 is 0 Å². The van der Waals surface area contributed by atoms with Gasteiger partial charge in [-0.15, -0.1) is 0 Å². The Morgan fingerprint density at radius 2 is 2.13 bits per heavy atom. The van der Waals surface area contributed by atoms with Crippen molar-refractivity contribution in [3.63, 3.8) is 0 Å². The van der Waals surface area contributed by atoms with E-state index in [9.17, 15) is 0 Å². The first kappa shape index (κ1) is 12.3. The molecule has 1 unspecified atom stereocenters. The zero-order chi connectivity index (χ0) is 11.1. The van der Waals surface area contributed by atoms with Crippen LogP contribution in [0.15, 0.2) is 4.99 Å². The van der Waals surface area contributed by atoms with Crippen LogP contribution < -0.4 is 5.73 Å². The van der Waals surface area contributed by atoms with E-state index in [4.69, 9.17) is 5.73 Å². The normalized spacial score (nSPS) is 24.0. The van der Waals surface area contributed by atoms with E-state index in [0.717, 1.165) is 25.5 Å². The molecule has 0 aliphatic carbocycles. The minimum atomic E-state index is 0.619. The highest BCUT2D eigenvalue weighted by Crippen LogP contribution is 2.18. The van der Waals surface area contributed by atoms with E-state index in [-0.39, 0.29) is 0 Å². The number of nitrogens with two attached hydrogens (primary N) is 1. The van der Waals surface area contributed by atoms with E-state index in [1.54, 1.807) is 0 Å². The Balaban J connectivity index is 2.60. The van der Waals surface area contributed by atoms with Crippen LogP contribution in [0.1, 0.15) is 52.4 Å². The average Bonchev–Trinajstić information content (AvgIpc) is 2.50. The van der Waals surface area contributed by atoms with Gasteiger partial charge in [0.25, 0.3) is 0 Å². The van der Waals surface area contributed by atoms with Crippen LogP contribution in [-0.2, 0) is 0 Å². The second-order valence-corrected chi connectivity index (χ2v) is 4.34. The molecule has 3 heteroatoms. The highest BCUT2D eigenvalue weighted by molar-refractivity contribution is 5.78. The number of hydrogen-bond acceptors (Lipinski definition) is 1. The van der Waals surface area contributed by atoms with Gasteiger partial charge in [-0.1, -0.05) is 26.7 Å². The molecule has 1 aliphatic heterocycles. The lowest BCUT2D eigenvalue weighted by molar-refractivity contribution is 0.303. The van der Waals surface area contributed by atoms with E-state index in [1.165, 1.54) is 32.1 Å². The summed E-state index contributed by atoms with van der Waals surface area (Å²) in [4.78, 5) is 6.75. The fraction of sp³-hybridized carbons (Fsp3) is 0.917. The Morgan fingerprint density at radius 3 is 2.80 bits per heavy atom. The first-order valence-corrected chi connectivity index (χ1v) is 6.36. The standard InChI is InChI=1S/C12H25N3/c1-3-9-14-12(13)15-10-7-5-6-8-11(15)4-2/h11H,3-10H2,1-2H3,(H2,13,14). The van der Waals surface area contributed by atoms with Gasteiger partial charge in [0, 0.05) is 19.1 Å². The van der Waals surface area contributed by atoms with Crippen molar-refractivity contribution in [3.05, 3.63) is 0 Å². The van der Waals surface area contributed by atoms with Crippen molar-refractivity contribution in [2.75, 3.05) is 13.1 Å². The van der Waals surface area contributed by atoms with Gasteiger partial charge in [-0.3, -0.25) is 4.99 Å². The Bertz CT molecular complexity index is 201. The summed E-state index contributed by atoms with van der Waals surface area (Å²) in [5.74, 6) is 0.769. The van der Waals surface area contributed by atoms with Gasteiger partial charge in [-0.2, -0.15) is 0 Å². The van der Waals surface area contributed by atoms with Crippen molar-refractivity contribution >= 4 is 5.96 Å². The maximum atomic E-state index is 6.05. The van der Waals surface area contributed by atoms with Gasteiger partial charge in [-0.05, 0) is 25.7 Å². The van der Waals surface area contributed by atoms with Crippen LogP contribution in [0.4, 0.5) is 0 Å². The molecule has 0 aromatic rings. The highest BCUT2D eigenvalue weighted by Gasteiger charge is 2.20. The number of rotatable bonds is 3. The molecule has 0 spiro atoms. The van der Waals surface area contributed by atoms with Crippen LogP contribution in [0.25, 0.3) is 0 Å². The molecule has 0 bridgehead atoms. The Hall–Kier alpha value is -0.730. The van der Waals surface area contributed by atoms with Crippen LogP contribution in [0.5, 0.6) is 0 Å². The van der Waals surface area contributed by atoms with Gasteiger partial charge in [0.2, 0.25) is 0 Å². The van der Waals surface area contributed by atoms with Crippen molar-refractivity contribution in [2.45, 2.75) is 58.4 Å². The van der Waals surface area contributed by atoms with Crippen molar-refractivity contribution in [2.24, 2.45) is 10.7 Å². The van der Waals surface area contributed by atoms with Crippen LogP contribution in [0.3, 0.4) is 0 Å². The predicted octanol–water partition coefficient (Wildman–Crippen LogP) is 2.37. The smallest absolute Gasteiger partial charge is 0.191 e. The molecule has 3 nitrogen and oxygen atoms in total. The molecule has 0 aromatic carbocycles. The summed E-state index contributed by atoms with van der Waals surface area (Å²) in [6.07, 6.45) is 7.48. The quantitative estimate of drug-likeness (QED) is 0.575. The number of hydrogen-bond donors (Lipinski definition) is 1. The van der Waals surface area contributed by atoms with Crippen molar-refractivity contribution < 1.29 is 0 Å². The molecule has 1 heterocycles. The fourth-order valence-electron chi connectivity index (χ4n) is 2.22. The zero-order valence-electron chi connectivity index (χ0n) is 10.2. The van der Waals surface area contributed by atoms with E-state index in [0.29, 0.717) is 6.04 Å². The molecule has 88 valence electrons. The van der Waals surface area contributed by atoms with Crippen molar-refractivity contribution in [1.82, 2.24) is 4.90 Å². The summed E-state index contributed by atoms with van der Waals surface area (Å²) in [6, 6.07) is 0.619. The lowest BCUT2D eigenvalue weighted by Gasteiger charge is -2.30. The number of aliphatic imine (C=N–C) groups is 1. The summed E-state index contributed by atoms with van der Waals surface area (Å²) in [7, 11) is 0. The van der Waals surface area contributed by atoms with Gasteiger partial charge in [0.05, 0.1) is 0 Å². The molecule has 2 N–H and O–H groups in total. The summed E-state index contributed by atoms with van der Waals surface area (Å²) in [5, 5.41) is 0. The number of guanidine groups is 1. The molecule has 0 radical (unpaired) electrons. The SMILES string of the molecule is CCCN=C(N)N1CCCCCC1CC. The maximum absolute atomic E-state index is 6.05. The minimum absolute atomic E-state index is 0.619. The van der Waals surface area contributed by atoms with Crippen LogP contribution >= 0.6 is 0 Å². The Labute approximate surface area is 93.7 Å². The highest BCUT2D eigenvalue weighted by atomic mass is 15.3. The van der Waals surface area contributed by atoms with E-state index < -0.39 is 0 Å². The van der Waals surface area contributed by atoms with Gasteiger partial charge >= 0.3 is 0 Å². The number of likely N-dealkylation sites (tertiary alicyclic amines) is 1. The first-order valence-electron chi connectivity index (χ1n) is 6.36. The zero-order valence-corrected chi connectivity index (χ0v) is 10.2. The molecule has 0 amide bonds. The molecule has 1 rings (SSSR count). The molecule has 1 fully saturated rings. The Kier molecular flexibility index (Phi) is 5.51. The summed E-state index contributed by atoms with van der Waals surface area (Å²) in [6.45, 7) is 6.34. The molecule has 15 heavy (non-hydrogen) atoms. The lowest BCUT2D eigenvalue weighted by atomic mass is 10.1. The molecule has 1 saturated heterocycles. The first-order chi connectivity index (χ1) is 7.29. The molecule has 0 saturated carbocycles. The largest absolute Gasteiger partial charge is 0.370 e. The van der Waals surface area contributed by atoms with Crippen molar-refractivity contribution in [1.29, 1.82) is 0 Å². The van der Waals surface area contributed by atoms with Crippen LogP contribution in [0.2, 0.25) is 0 Å². The third-order valence-corrected chi connectivity index (χ3v) is 3.14. The molecular weight excluding hydrogens is 186 g/mol.